The van der Waals surface area contributed by atoms with E-state index in [0.717, 1.165) is 6.26 Å². The van der Waals surface area contributed by atoms with Crippen LogP contribution in [0.25, 0.3) is 0 Å². The van der Waals surface area contributed by atoms with Gasteiger partial charge in [0, 0.05) is 6.26 Å². The van der Waals surface area contributed by atoms with Crippen molar-refractivity contribution in [3.05, 3.63) is 27.7 Å². The number of ether oxygens (including phenoxy) is 1. The van der Waals surface area contributed by atoms with Crippen molar-refractivity contribution >= 4 is 39.0 Å². The van der Waals surface area contributed by atoms with Crippen molar-refractivity contribution in [1.29, 1.82) is 0 Å². The third kappa shape index (κ3) is 3.34. The summed E-state index contributed by atoms with van der Waals surface area (Å²) in [5.41, 5.74) is 0.120. The molecule has 0 aliphatic heterocycles. The van der Waals surface area contributed by atoms with Crippen LogP contribution in [0.5, 0.6) is 0 Å². The lowest BCUT2D eigenvalue weighted by atomic mass is 10.2. The molecule has 17 heavy (non-hydrogen) atoms. The van der Waals surface area contributed by atoms with Crippen molar-refractivity contribution in [3.63, 3.8) is 0 Å². The summed E-state index contributed by atoms with van der Waals surface area (Å²) in [5, 5.41) is -0.189. The zero-order valence-electron chi connectivity index (χ0n) is 9.16. The Labute approximate surface area is 109 Å². The average Bonchev–Trinajstić information content (AvgIpc) is 2.14. The summed E-state index contributed by atoms with van der Waals surface area (Å²) in [6, 6.07) is 2.45. The predicted octanol–water partition coefficient (Wildman–Crippen LogP) is 2.57. The molecular formula is C10H10Cl2O4S. The van der Waals surface area contributed by atoms with Gasteiger partial charge in [-0.2, -0.15) is 0 Å². The lowest BCUT2D eigenvalue weighted by Gasteiger charge is -2.07. The first-order valence-electron chi connectivity index (χ1n) is 4.63. The van der Waals surface area contributed by atoms with E-state index < -0.39 is 15.8 Å². The zero-order chi connectivity index (χ0) is 13.2. The smallest absolute Gasteiger partial charge is 0.338 e. The highest BCUT2D eigenvalue weighted by molar-refractivity contribution is 7.91. The minimum atomic E-state index is -3.53. The summed E-state index contributed by atoms with van der Waals surface area (Å²) in [4.78, 5) is 11.2. The zero-order valence-corrected chi connectivity index (χ0v) is 11.5. The van der Waals surface area contributed by atoms with Crippen molar-refractivity contribution in [2.75, 3.05) is 12.9 Å². The summed E-state index contributed by atoms with van der Waals surface area (Å²) in [6.45, 7) is 1.87. The Balaban J connectivity index is 3.33. The summed E-state index contributed by atoms with van der Waals surface area (Å²) in [6.07, 6.45) is 0.990. The Hall–Kier alpha value is -0.780. The Kier molecular flexibility index (Phi) is 4.41. The van der Waals surface area contributed by atoms with Crippen molar-refractivity contribution in [1.82, 2.24) is 0 Å². The number of hydrogen-bond acceptors (Lipinski definition) is 4. The maximum atomic E-state index is 11.4. The molecule has 0 aliphatic rings. The van der Waals surface area contributed by atoms with Gasteiger partial charge < -0.3 is 4.74 Å². The summed E-state index contributed by atoms with van der Waals surface area (Å²) in [7, 11) is -3.53. The van der Waals surface area contributed by atoms with E-state index in [9.17, 15) is 13.2 Å². The summed E-state index contributed by atoms with van der Waals surface area (Å²) < 4.78 is 27.6. The van der Waals surface area contributed by atoms with Gasteiger partial charge in [-0.15, -0.1) is 0 Å². The Bertz CT molecular complexity index is 528. The number of halogens is 2. The van der Waals surface area contributed by atoms with Crippen LogP contribution in [0, 0.1) is 0 Å². The van der Waals surface area contributed by atoms with Crippen LogP contribution in [0.2, 0.25) is 10.0 Å². The molecular weight excluding hydrogens is 287 g/mol. The number of carbonyl (C=O) groups is 1. The van der Waals surface area contributed by atoms with Gasteiger partial charge in [-0.3, -0.25) is 0 Å². The van der Waals surface area contributed by atoms with Crippen LogP contribution in [0.4, 0.5) is 0 Å². The third-order valence-corrected chi connectivity index (χ3v) is 3.88. The highest BCUT2D eigenvalue weighted by Crippen LogP contribution is 2.30. The van der Waals surface area contributed by atoms with E-state index in [4.69, 9.17) is 27.9 Å². The monoisotopic (exact) mass is 296 g/mol. The molecule has 94 valence electrons. The Morgan fingerprint density at radius 1 is 1.29 bits per heavy atom. The highest BCUT2D eigenvalue weighted by Gasteiger charge is 2.20. The van der Waals surface area contributed by atoms with Crippen LogP contribution in [-0.4, -0.2) is 27.2 Å². The van der Waals surface area contributed by atoms with Gasteiger partial charge in [0.15, 0.2) is 9.84 Å². The minimum absolute atomic E-state index is 0.0944. The lowest BCUT2D eigenvalue weighted by molar-refractivity contribution is 0.0526. The molecule has 0 saturated carbocycles. The normalized spacial score (nSPS) is 11.3. The van der Waals surface area contributed by atoms with Crippen LogP contribution in [-0.2, 0) is 14.6 Å². The molecule has 0 radical (unpaired) electrons. The van der Waals surface area contributed by atoms with Gasteiger partial charge >= 0.3 is 5.97 Å². The number of rotatable bonds is 3. The molecule has 0 atom stereocenters. The number of benzene rings is 1. The van der Waals surface area contributed by atoms with Gasteiger partial charge in [0.1, 0.15) is 4.90 Å². The standard InChI is InChI=1S/C10H10Cl2O4S/c1-3-16-10(13)6-4-7(11)9(8(12)5-6)17(2,14)15/h4-5H,3H2,1-2H3. The molecule has 0 spiro atoms. The first-order valence-corrected chi connectivity index (χ1v) is 7.28. The Morgan fingerprint density at radius 3 is 2.12 bits per heavy atom. The van der Waals surface area contributed by atoms with Crippen LogP contribution < -0.4 is 0 Å². The molecule has 0 amide bonds. The van der Waals surface area contributed by atoms with Gasteiger partial charge in [0.25, 0.3) is 0 Å². The molecule has 0 aromatic heterocycles. The molecule has 0 N–H and O–H groups in total. The average molecular weight is 297 g/mol. The second kappa shape index (κ2) is 5.25. The number of sulfone groups is 1. The topological polar surface area (TPSA) is 60.4 Å². The predicted molar refractivity (Wildman–Crippen MR) is 65.5 cm³/mol. The second-order valence-electron chi connectivity index (χ2n) is 3.26. The van der Waals surface area contributed by atoms with E-state index in [1.165, 1.54) is 12.1 Å². The molecule has 0 bridgehead atoms. The van der Waals surface area contributed by atoms with Crippen LogP contribution in [0.1, 0.15) is 17.3 Å². The van der Waals surface area contributed by atoms with E-state index in [0.29, 0.717) is 0 Å². The molecule has 0 heterocycles. The van der Waals surface area contributed by atoms with Crippen molar-refractivity contribution < 1.29 is 17.9 Å². The van der Waals surface area contributed by atoms with Gasteiger partial charge in [-0.25, -0.2) is 13.2 Å². The first-order chi connectivity index (χ1) is 7.77. The van der Waals surface area contributed by atoms with E-state index in [-0.39, 0.29) is 27.1 Å². The molecule has 4 nitrogen and oxygen atoms in total. The fourth-order valence-corrected chi connectivity index (χ4v) is 3.40. The molecule has 1 rings (SSSR count). The van der Waals surface area contributed by atoms with E-state index >= 15 is 0 Å². The van der Waals surface area contributed by atoms with E-state index in [2.05, 4.69) is 0 Å². The van der Waals surface area contributed by atoms with Gasteiger partial charge in [-0.1, -0.05) is 23.2 Å². The molecule has 1 aromatic carbocycles. The Morgan fingerprint density at radius 2 is 1.76 bits per heavy atom. The molecule has 1 aromatic rings. The maximum Gasteiger partial charge on any atom is 0.338 e. The van der Waals surface area contributed by atoms with E-state index in [1.54, 1.807) is 6.92 Å². The number of carbonyl (C=O) groups excluding carboxylic acids is 1. The molecule has 0 fully saturated rings. The third-order valence-electron chi connectivity index (χ3n) is 1.88. The molecule has 7 heteroatoms. The van der Waals surface area contributed by atoms with Gasteiger partial charge in [-0.05, 0) is 19.1 Å². The van der Waals surface area contributed by atoms with Crippen LogP contribution in [0.15, 0.2) is 17.0 Å². The van der Waals surface area contributed by atoms with Crippen LogP contribution >= 0.6 is 23.2 Å². The number of hydrogen-bond donors (Lipinski definition) is 0. The molecule has 0 unspecified atom stereocenters. The second-order valence-corrected chi connectivity index (χ2v) is 6.03. The van der Waals surface area contributed by atoms with Crippen molar-refractivity contribution in [2.45, 2.75) is 11.8 Å². The SMILES string of the molecule is CCOC(=O)c1cc(Cl)c(S(C)(=O)=O)c(Cl)c1. The highest BCUT2D eigenvalue weighted by atomic mass is 35.5. The summed E-state index contributed by atoms with van der Waals surface area (Å²) in [5.74, 6) is -0.601. The molecule has 0 aliphatic carbocycles. The molecule has 0 saturated heterocycles. The van der Waals surface area contributed by atoms with E-state index in [1.807, 2.05) is 0 Å². The fourth-order valence-electron chi connectivity index (χ4n) is 1.25. The summed E-state index contributed by atoms with van der Waals surface area (Å²) >= 11 is 11.6. The lowest BCUT2D eigenvalue weighted by Crippen LogP contribution is -2.07. The number of esters is 1. The maximum absolute atomic E-state index is 11.4. The largest absolute Gasteiger partial charge is 0.462 e. The van der Waals surface area contributed by atoms with Crippen molar-refractivity contribution in [3.8, 4) is 0 Å². The first kappa shape index (κ1) is 14.3. The fraction of sp³-hybridized carbons (Fsp3) is 0.300. The van der Waals surface area contributed by atoms with Crippen molar-refractivity contribution in [2.24, 2.45) is 0 Å². The van der Waals surface area contributed by atoms with Crippen LogP contribution in [0.3, 0.4) is 0 Å². The van der Waals surface area contributed by atoms with Gasteiger partial charge in [0.05, 0.1) is 22.2 Å². The van der Waals surface area contributed by atoms with Gasteiger partial charge in [0.2, 0.25) is 0 Å². The minimum Gasteiger partial charge on any atom is -0.462 e. The quantitative estimate of drug-likeness (QED) is 0.804.